The summed E-state index contributed by atoms with van der Waals surface area (Å²) in [7, 11) is 15.1. The first-order valence-electron chi connectivity index (χ1n) is 39.4. The summed E-state index contributed by atoms with van der Waals surface area (Å²) in [5.41, 5.74) is 22.9. The lowest BCUT2D eigenvalue weighted by Crippen LogP contribution is -2.49. The van der Waals surface area contributed by atoms with Crippen LogP contribution in [0.5, 0.6) is 0 Å². The molecule has 0 N–H and O–H groups in total. The third-order valence-electron chi connectivity index (χ3n) is 23.5. The van der Waals surface area contributed by atoms with Crippen molar-refractivity contribution in [3.05, 3.63) is 276 Å². The van der Waals surface area contributed by atoms with Crippen LogP contribution in [0.3, 0.4) is 0 Å². The minimum Gasteiger partial charge on any atom is -0.359 e. The molecule has 0 spiro atoms. The van der Waals surface area contributed by atoms with Gasteiger partial charge in [0.05, 0.1) is 26.7 Å². The second-order valence-electron chi connectivity index (χ2n) is 33.4. The Hall–Kier alpha value is -10.7. The lowest BCUT2D eigenvalue weighted by Gasteiger charge is -2.36. The quantitative estimate of drug-likeness (QED) is 0.132. The molecule has 12 nitrogen and oxygen atoms in total. The van der Waals surface area contributed by atoms with Crippen molar-refractivity contribution in [2.24, 2.45) is 33.6 Å². The van der Waals surface area contributed by atoms with Crippen molar-refractivity contribution in [1.82, 2.24) is 19.6 Å². The molecule has 5 aliphatic rings. The van der Waals surface area contributed by atoms with Gasteiger partial charge in [-0.1, -0.05) is 124 Å². The highest BCUT2D eigenvalue weighted by Gasteiger charge is 2.39. The highest BCUT2D eigenvalue weighted by molar-refractivity contribution is 5.97. The Morgan fingerprint density at radius 1 is 0.404 bits per heavy atom. The zero-order valence-electron chi connectivity index (χ0n) is 69.2. The molecule has 4 aliphatic heterocycles. The zero-order valence-corrected chi connectivity index (χ0v) is 69.2. The van der Waals surface area contributed by atoms with Crippen LogP contribution in [0.1, 0.15) is 127 Å². The molecule has 4 aromatic heterocycles. The number of pyridine rings is 4. The van der Waals surface area contributed by atoms with Gasteiger partial charge in [-0.25, -0.2) is 33.0 Å². The molecule has 11 aromatic rings. The van der Waals surface area contributed by atoms with Crippen LogP contribution in [-0.4, -0.2) is 70.9 Å². The Balaban J connectivity index is 0.000000129. The lowest BCUT2D eigenvalue weighted by atomic mass is 9.87. The number of hydrogen-bond acceptors (Lipinski definition) is 8. The number of aromatic nitrogens is 4. The van der Waals surface area contributed by atoms with Crippen molar-refractivity contribution in [3.63, 3.8) is 0 Å². The van der Waals surface area contributed by atoms with Crippen LogP contribution in [0.4, 0.5) is 23.1 Å². The van der Waals surface area contributed by atoms with Crippen LogP contribution in [0, 0.1) is 40.0 Å². The SMILES string of the molecule is Cc1c(-c2cc(CC(C)(C)C)cc(N3C=CN(C)[C@H]3C)[n+]2C)ccc2ccccc12.Cc1c(-c2cccc[n+]2C)cccc1N1C=CN(C)[C@H]1C.Cc1cc(-c2cc3ccccc3cc2C)[n+](C)c(N2C=CN(C(C)(C)C)[C@H]2C)c1.Cc1ccc2ccccc2c1-c1cc2c(c(N3C=CN(C)[C@H]3C)[n+]1C)CCCC2. The van der Waals surface area contributed by atoms with E-state index in [0.717, 1.165) is 6.42 Å². The standard InChI is InChI=1S/C27H34N3.C26H30N3.C26H32N3.C18H22N3/c1-19-23-11-9-8-10-22(23)12-13-24(19)25-16-21(18-27(3,4)5)17-26(29(25)7)30-15-14-28(6)20(30)2;1-18-13-14-20-9-5-7-11-22(20)25(18)24-17-21-10-6-8-12-23(21)26(28(24)4)29-16-15-27(3)19(29)2;1-18-14-24(23-17-22-11-9-8-10-21(22)16-19(23)2)27(7)25(15-18)28-12-13-29(20(28)3)26(4,5)6;1-14-16(18-9-5-6-11-20(18)4)8-7-10-17(14)21-13-12-19(3)15(21)2/h8-17,20H,18H2,1-7H3;5,7,9,11,13-17,19H,6,8,10,12H2,1-4H3;8-17,20H,1-7H3;5-13,15H,1-4H3/q4*+1/t20-;19-;20-;15-/m1101/s1. The van der Waals surface area contributed by atoms with E-state index in [4.69, 9.17) is 0 Å². The largest absolute Gasteiger partial charge is 0.359 e. The molecular formula is C97H118N12+4. The van der Waals surface area contributed by atoms with E-state index in [9.17, 15) is 0 Å². The Morgan fingerprint density at radius 2 is 0.945 bits per heavy atom. The Morgan fingerprint density at radius 3 is 1.57 bits per heavy atom. The fraction of sp³-hybridized carbons (Fsp3) is 0.340. The molecule has 1 aliphatic carbocycles. The maximum absolute atomic E-state index is 2.47. The first-order chi connectivity index (χ1) is 52.0. The second-order valence-corrected chi connectivity index (χ2v) is 33.4. The van der Waals surface area contributed by atoms with Crippen molar-refractivity contribution in [2.45, 2.75) is 166 Å². The fourth-order valence-electron chi connectivity index (χ4n) is 17.0. The van der Waals surface area contributed by atoms with Gasteiger partial charge in [0, 0.05) is 110 Å². The maximum Gasteiger partial charge on any atom is 0.286 e. The normalized spacial score (nSPS) is 17.4. The van der Waals surface area contributed by atoms with Crippen LogP contribution in [0.2, 0.25) is 0 Å². The first kappa shape index (κ1) is 76.5. The molecule has 7 aromatic carbocycles. The van der Waals surface area contributed by atoms with Gasteiger partial charge < -0.3 is 24.5 Å². The van der Waals surface area contributed by atoms with Crippen molar-refractivity contribution >= 4 is 55.5 Å². The number of hydrogen-bond donors (Lipinski definition) is 0. The predicted molar refractivity (Wildman–Crippen MR) is 457 cm³/mol. The van der Waals surface area contributed by atoms with E-state index >= 15 is 0 Å². The van der Waals surface area contributed by atoms with E-state index in [1.165, 1.54) is 171 Å². The van der Waals surface area contributed by atoms with Crippen LogP contribution >= 0.6 is 0 Å². The van der Waals surface area contributed by atoms with E-state index in [-0.39, 0.29) is 17.1 Å². The van der Waals surface area contributed by atoms with Crippen LogP contribution in [0.25, 0.3) is 77.3 Å². The predicted octanol–water partition coefficient (Wildman–Crippen LogP) is 19.6. The van der Waals surface area contributed by atoms with Crippen molar-refractivity contribution < 1.29 is 18.3 Å². The third kappa shape index (κ3) is 15.4. The van der Waals surface area contributed by atoms with E-state index in [1.54, 1.807) is 0 Å². The van der Waals surface area contributed by atoms with Crippen LogP contribution < -0.4 is 37.9 Å². The minimum atomic E-state index is 0.0881. The Labute approximate surface area is 651 Å². The van der Waals surface area contributed by atoms with Gasteiger partial charge in [0.25, 0.3) is 17.5 Å². The molecule has 0 fully saturated rings. The molecule has 0 amide bonds. The second kappa shape index (κ2) is 31.1. The van der Waals surface area contributed by atoms with Gasteiger partial charge in [-0.05, 0) is 240 Å². The average Bonchev–Trinajstić information content (AvgIpc) is 1.59. The number of anilines is 4. The third-order valence-corrected chi connectivity index (χ3v) is 23.5. The van der Waals surface area contributed by atoms with Gasteiger partial charge in [-0.15, -0.1) is 0 Å². The Bertz CT molecular complexity index is 5360. The lowest BCUT2D eigenvalue weighted by molar-refractivity contribution is -0.660. The summed E-state index contributed by atoms with van der Waals surface area (Å²) in [5.74, 6) is 3.80. The molecule has 12 heteroatoms. The van der Waals surface area contributed by atoms with E-state index in [0.29, 0.717) is 18.5 Å². The number of fused-ring (bicyclic) bond motifs is 4. The summed E-state index contributed by atoms with van der Waals surface area (Å²) >= 11 is 0. The van der Waals surface area contributed by atoms with Crippen LogP contribution in [-0.2, 0) is 47.5 Å². The van der Waals surface area contributed by atoms with E-state index in [2.05, 4.69) is 442 Å². The molecule has 8 heterocycles. The molecule has 0 unspecified atom stereocenters. The summed E-state index contributed by atoms with van der Waals surface area (Å²) in [6.45, 7) is 33.8. The number of aryl methyl sites for hydroxylation is 6. The summed E-state index contributed by atoms with van der Waals surface area (Å²) in [6, 6.07) is 64.4. The maximum atomic E-state index is 2.47. The van der Waals surface area contributed by atoms with Gasteiger partial charge in [-0.2, -0.15) is 0 Å². The molecule has 562 valence electrons. The Kier molecular flexibility index (Phi) is 21.8. The molecule has 0 saturated carbocycles. The molecule has 4 atom stereocenters. The number of rotatable bonds is 9. The number of nitrogens with zero attached hydrogens (tertiary/aromatic N) is 12. The molecular weight excluding hydrogens is 1330 g/mol. The summed E-state index contributed by atoms with van der Waals surface area (Å²) in [6.07, 6.45) is 26.8. The van der Waals surface area contributed by atoms with Gasteiger partial charge in [0.2, 0.25) is 5.69 Å². The summed E-state index contributed by atoms with van der Waals surface area (Å²) < 4.78 is 9.29. The topological polar surface area (TPSA) is 41.4 Å². The van der Waals surface area contributed by atoms with Crippen molar-refractivity contribution in [3.8, 4) is 45.0 Å². The average molecular weight is 1450 g/mol. The van der Waals surface area contributed by atoms with Gasteiger partial charge >= 0.3 is 0 Å². The number of benzene rings is 7. The van der Waals surface area contributed by atoms with Crippen LogP contribution in [0.15, 0.2) is 232 Å². The van der Waals surface area contributed by atoms with Crippen molar-refractivity contribution in [2.75, 3.05) is 40.7 Å². The molecule has 0 radical (unpaired) electrons. The summed E-state index contributed by atoms with van der Waals surface area (Å²) in [5, 5.41) is 7.84. The van der Waals surface area contributed by atoms with Gasteiger partial charge in [-0.3, -0.25) is 0 Å². The zero-order chi connectivity index (χ0) is 77.7. The fourth-order valence-corrected chi connectivity index (χ4v) is 17.0. The smallest absolute Gasteiger partial charge is 0.286 e. The molecule has 109 heavy (non-hydrogen) atoms. The van der Waals surface area contributed by atoms with Crippen molar-refractivity contribution in [1.29, 1.82) is 0 Å². The monoisotopic (exact) mass is 1450 g/mol. The molecule has 16 rings (SSSR count). The first-order valence-corrected chi connectivity index (χ1v) is 39.4. The van der Waals surface area contributed by atoms with Gasteiger partial charge in [0.15, 0.2) is 24.7 Å². The highest BCUT2D eigenvalue weighted by atomic mass is 15.4. The minimum absolute atomic E-state index is 0.0881. The highest BCUT2D eigenvalue weighted by Crippen LogP contribution is 2.40. The molecule has 0 saturated heterocycles. The summed E-state index contributed by atoms with van der Waals surface area (Å²) in [4.78, 5) is 18.7. The molecule has 0 bridgehead atoms. The van der Waals surface area contributed by atoms with E-state index < -0.39 is 0 Å². The van der Waals surface area contributed by atoms with Gasteiger partial charge in [0.1, 0.15) is 48.9 Å². The van der Waals surface area contributed by atoms with E-state index in [1.807, 2.05) is 0 Å².